The van der Waals surface area contributed by atoms with Crippen LogP contribution in [0.2, 0.25) is 0 Å². The molecule has 0 atom stereocenters. The van der Waals surface area contributed by atoms with Crippen LogP contribution in [0.4, 0.5) is 0 Å². The van der Waals surface area contributed by atoms with Gasteiger partial charge < -0.3 is 4.74 Å². The van der Waals surface area contributed by atoms with Crippen molar-refractivity contribution in [3.63, 3.8) is 0 Å². The van der Waals surface area contributed by atoms with Gasteiger partial charge in [0.15, 0.2) is 0 Å². The lowest BCUT2D eigenvalue weighted by atomic mass is 10.1. The van der Waals surface area contributed by atoms with E-state index in [4.69, 9.17) is 4.74 Å². The summed E-state index contributed by atoms with van der Waals surface area (Å²) < 4.78 is 5.25. The summed E-state index contributed by atoms with van der Waals surface area (Å²) in [5, 5.41) is 0. The van der Waals surface area contributed by atoms with Crippen molar-refractivity contribution in [3.05, 3.63) is 0 Å². The third kappa shape index (κ3) is 24.5. The first-order chi connectivity index (χ1) is 5.90. The van der Waals surface area contributed by atoms with E-state index in [1.807, 2.05) is 27.7 Å². The summed E-state index contributed by atoms with van der Waals surface area (Å²) in [5.41, 5.74) is 0. The fourth-order valence-electron chi connectivity index (χ4n) is 1.12. The summed E-state index contributed by atoms with van der Waals surface area (Å²) in [5.74, 6) is 0.898. The summed E-state index contributed by atoms with van der Waals surface area (Å²) in [6, 6.07) is 0. The lowest BCUT2D eigenvalue weighted by Crippen LogP contribution is -2.09. The minimum atomic E-state index is 0.375. The number of hydrogen-bond acceptors (Lipinski definition) is 1. The fourth-order valence-corrected chi connectivity index (χ4v) is 1.12. The molecule has 0 spiro atoms. The Kier molecular flexibility index (Phi) is 11.9. The van der Waals surface area contributed by atoms with E-state index in [1.54, 1.807) is 0 Å². The molecule has 1 heteroatoms. The summed E-state index contributed by atoms with van der Waals surface area (Å²) in [6.07, 6.45) is 3.46. The first-order valence-electron chi connectivity index (χ1n) is 5.55. The molecular weight excluding hydrogens is 160 g/mol. The second-order valence-electron chi connectivity index (χ2n) is 4.42. The zero-order chi connectivity index (χ0) is 10.9. The van der Waals surface area contributed by atoms with Crippen molar-refractivity contribution in [2.24, 2.45) is 5.92 Å². The Morgan fingerprint density at radius 3 is 1.23 bits per heavy atom. The maximum Gasteiger partial charge on any atom is 0.0522 e. The van der Waals surface area contributed by atoms with Crippen LogP contribution < -0.4 is 0 Å². The number of hydrogen-bond donors (Lipinski definition) is 0. The summed E-state index contributed by atoms with van der Waals surface area (Å²) in [6.45, 7) is 14.9. The molecule has 0 bridgehead atoms. The molecular formula is C12H28O. The van der Waals surface area contributed by atoms with Crippen LogP contribution in [0.3, 0.4) is 0 Å². The zero-order valence-electron chi connectivity index (χ0n) is 10.6. The second-order valence-corrected chi connectivity index (χ2v) is 4.42. The van der Waals surface area contributed by atoms with E-state index >= 15 is 0 Å². The van der Waals surface area contributed by atoms with Gasteiger partial charge in [-0.3, -0.25) is 0 Å². The SMILES string of the molecule is CC(C)OC(C)C.CCCC(C)C. The predicted octanol–water partition coefficient (Wildman–Crippen LogP) is 4.26. The maximum atomic E-state index is 5.25. The molecule has 0 amide bonds. The van der Waals surface area contributed by atoms with Gasteiger partial charge in [0.05, 0.1) is 12.2 Å². The van der Waals surface area contributed by atoms with Gasteiger partial charge in [0, 0.05) is 0 Å². The third-order valence-electron chi connectivity index (χ3n) is 1.41. The van der Waals surface area contributed by atoms with Gasteiger partial charge in [0.1, 0.15) is 0 Å². The van der Waals surface area contributed by atoms with Crippen molar-refractivity contribution in [3.8, 4) is 0 Å². The lowest BCUT2D eigenvalue weighted by molar-refractivity contribution is 0.0300. The average Bonchev–Trinajstić information content (AvgIpc) is 1.83. The molecule has 0 N–H and O–H groups in total. The molecule has 1 nitrogen and oxygen atoms in total. The van der Waals surface area contributed by atoms with E-state index < -0.39 is 0 Å². The van der Waals surface area contributed by atoms with Crippen LogP contribution in [-0.4, -0.2) is 12.2 Å². The summed E-state index contributed by atoms with van der Waals surface area (Å²) >= 11 is 0. The van der Waals surface area contributed by atoms with Gasteiger partial charge in [-0.25, -0.2) is 0 Å². The Balaban J connectivity index is 0. The molecule has 0 saturated heterocycles. The highest BCUT2D eigenvalue weighted by molar-refractivity contribution is 4.40. The molecule has 0 aliphatic carbocycles. The fraction of sp³-hybridized carbons (Fsp3) is 1.00. The van der Waals surface area contributed by atoms with Gasteiger partial charge in [-0.15, -0.1) is 0 Å². The normalized spacial score (nSPS) is 10.6. The Hall–Kier alpha value is -0.0400. The molecule has 0 aromatic carbocycles. The minimum Gasteiger partial charge on any atom is -0.376 e. The van der Waals surface area contributed by atoms with Crippen LogP contribution in [0, 0.1) is 5.92 Å². The van der Waals surface area contributed by atoms with Gasteiger partial charge >= 0.3 is 0 Å². The highest BCUT2D eigenvalue weighted by Gasteiger charge is 1.94. The van der Waals surface area contributed by atoms with Crippen LogP contribution in [0.15, 0.2) is 0 Å². The largest absolute Gasteiger partial charge is 0.376 e. The molecule has 0 aromatic heterocycles. The Morgan fingerprint density at radius 1 is 0.846 bits per heavy atom. The van der Waals surface area contributed by atoms with Crippen molar-refractivity contribution in [2.75, 3.05) is 0 Å². The van der Waals surface area contributed by atoms with Crippen molar-refractivity contribution in [2.45, 2.75) is 73.5 Å². The van der Waals surface area contributed by atoms with Gasteiger partial charge in [0.2, 0.25) is 0 Å². The molecule has 0 radical (unpaired) electrons. The standard InChI is InChI=1S/C6H14O.C6H14/c1-5(2)7-6(3)4;1-4-5-6(2)3/h5-6H,1-4H3;6H,4-5H2,1-3H3. The maximum absolute atomic E-state index is 5.25. The Morgan fingerprint density at radius 2 is 1.23 bits per heavy atom. The molecule has 0 heterocycles. The van der Waals surface area contributed by atoms with Gasteiger partial charge in [-0.1, -0.05) is 33.6 Å². The summed E-state index contributed by atoms with van der Waals surface area (Å²) in [4.78, 5) is 0. The van der Waals surface area contributed by atoms with Gasteiger partial charge in [-0.05, 0) is 33.6 Å². The van der Waals surface area contributed by atoms with Crippen molar-refractivity contribution in [1.82, 2.24) is 0 Å². The van der Waals surface area contributed by atoms with Crippen LogP contribution >= 0.6 is 0 Å². The van der Waals surface area contributed by atoms with Crippen molar-refractivity contribution >= 4 is 0 Å². The molecule has 0 saturated carbocycles. The van der Waals surface area contributed by atoms with E-state index in [9.17, 15) is 0 Å². The lowest BCUT2D eigenvalue weighted by Gasteiger charge is -2.09. The topological polar surface area (TPSA) is 9.23 Å². The molecule has 0 aromatic rings. The van der Waals surface area contributed by atoms with Crippen LogP contribution in [-0.2, 0) is 4.74 Å². The molecule has 0 aliphatic rings. The molecule has 0 aliphatic heterocycles. The predicted molar refractivity (Wildman–Crippen MR) is 61.1 cm³/mol. The van der Waals surface area contributed by atoms with Gasteiger partial charge in [0.25, 0.3) is 0 Å². The second kappa shape index (κ2) is 10.0. The smallest absolute Gasteiger partial charge is 0.0522 e. The molecule has 0 unspecified atom stereocenters. The number of ether oxygens (including phenoxy) is 1. The van der Waals surface area contributed by atoms with Crippen molar-refractivity contribution < 1.29 is 4.74 Å². The summed E-state index contributed by atoms with van der Waals surface area (Å²) in [7, 11) is 0. The molecule has 13 heavy (non-hydrogen) atoms. The molecule has 0 rings (SSSR count). The van der Waals surface area contributed by atoms with Crippen molar-refractivity contribution in [1.29, 1.82) is 0 Å². The van der Waals surface area contributed by atoms with Crippen LogP contribution in [0.1, 0.15) is 61.3 Å². The number of rotatable bonds is 4. The van der Waals surface area contributed by atoms with Gasteiger partial charge in [-0.2, -0.15) is 0 Å². The Labute approximate surface area is 84.9 Å². The first-order valence-corrected chi connectivity index (χ1v) is 5.55. The van der Waals surface area contributed by atoms with E-state index in [2.05, 4.69) is 20.8 Å². The van der Waals surface area contributed by atoms with E-state index in [1.165, 1.54) is 12.8 Å². The average molecular weight is 188 g/mol. The van der Waals surface area contributed by atoms with E-state index in [0.717, 1.165) is 5.92 Å². The van der Waals surface area contributed by atoms with E-state index in [-0.39, 0.29) is 0 Å². The third-order valence-corrected chi connectivity index (χ3v) is 1.41. The first kappa shape index (κ1) is 15.4. The zero-order valence-corrected chi connectivity index (χ0v) is 10.6. The van der Waals surface area contributed by atoms with Crippen LogP contribution in [0.25, 0.3) is 0 Å². The highest BCUT2D eigenvalue weighted by Crippen LogP contribution is 2.00. The molecule has 82 valence electrons. The monoisotopic (exact) mass is 188 g/mol. The highest BCUT2D eigenvalue weighted by atomic mass is 16.5. The quantitative estimate of drug-likeness (QED) is 0.640. The Bertz CT molecular complexity index is 79.1. The molecule has 0 fully saturated rings. The van der Waals surface area contributed by atoms with E-state index in [0.29, 0.717) is 12.2 Å². The minimum absolute atomic E-state index is 0.375. The van der Waals surface area contributed by atoms with Crippen LogP contribution in [0.5, 0.6) is 0 Å².